The van der Waals surface area contributed by atoms with Crippen LogP contribution in [0.5, 0.6) is 5.75 Å². The number of hydrogen-bond donors (Lipinski definition) is 1. The molecule has 1 aromatic heterocycles. The van der Waals surface area contributed by atoms with Gasteiger partial charge in [0, 0.05) is 88.7 Å². The molecule has 0 spiro atoms. The summed E-state index contributed by atoms with van der Waals surface area (Å²) in [7, 11) is -1.62. The number of ether oxygens (including phenoxy) is 1. The van der Waals surface area contributed by atoms with Gasteiger partial charge in [0.25, 0.3) is 0 Å². The number of hydrogen-bond acceptors (Lipinski definition) is 4. The molecule has 0 bridgehead atoms. The number of benzene rings is 2. The van der Waals surface area contributed by atoms with Gasteiger partial charge < -0.3 is 9.72 Å². The average Bonchev–Trinajstić information content (AvgIpc) is 3.27. The number of H-pyrrole nitrogens is 1. The topological polar surface area (TPSA) is 48.6 Å². The van der Waals surface area contributed by atoms with Gasteiger partial charge in [0.05, 0.1) is 12.6 Å². The zero-order chi connectivity index (χ0) is 33.6. The van der Waals surface area contributed by atoms with Crippen LogP contribution in [-0.4, -0.2) is 87.1 Å². The van der Waals surface area contributed by atoms with Gasteiger partial charge in [-0.1, -0.05) is 18.2 Å². The molecule has 2 aromatic carbocycles. The molecule has 1 fully saturated rings. The highest BCUT2D eigenvalue weighted by Gasteiger charge is 2.56. The minimum Gasteiger partial charge on any atom is -0.488 e. The maximum atomic E-state index is 15.7. The summed E-state index contributed by atoms with van der Waals surface area (Å²) >= 11 is 0. The first-order valence-corrected chi connectivity index (χ1v) is 16.0. The van der Waals surface area contributed by atoms with E-state index in [9.17, 15) is 39.3 Å². The van der Waals surface area contributed by atoms with Gasteiger partial charge >= 0.3 is 18.3 Å². The van der Waals surface area contributed by atoms with Crippen molar-refractivity contribution in [1.82, 2.24) is 14.8 Å². The van der Waals surface area contributed by atoms with Crippen molar-refractivity contribution in [3.05, 3.63) is 64.9 Å². The monoisotopic (exact) mass is 687 g/mol. The van der Waals surface area contributed by atoms with Crippen molar-refractivity contribution in [2.45, 2.75) is 62.6 Å². The fourth-order valence-corrected chi connectivity index (χ4v) is 7.20. The van der Waals surface area contributed by atoms with Gasteiger partial charge in [0.1, 0.15) is 23.5 Å². The molecule has 5 rings (SSSR count). The Morgan fingerprint density at radius 3 is 2.26 bits per heavy atom. The Morgan fingerprint density at radius 2 is 1.63 bits per heavy atom. The number of nitrogens with zero attached hydrogens (tertiary/aromatic N) is 2. The molecule has 0 amide bonds. The number of aromatic nitrogens is 1. The van der Waals surface area contributed by atoms with Crippen LogP contribution in [0.25, 0.3) is 10.9 Å². The third-order valence-electron chi connectivity index (χ3n) is 8.34. The first-order valence-electron chi connectivity index (χ1n) is 14.5. The Morgan fingerprint density at radius 1 is 0.978 bits per heavy atom. The van der Waals surface area contributed by atoms with E-state index in [4.69, 9.17) is 4.74 Å². The maximum Gasteiger partial charge on any atom is 0.453 e. The molecular weight excluding hydrogens is 656 g/mol. The van der Waals surface area contributed by atoms with E-state index in [-0.39, 0.29) is 49.0 Å². The van der Waals surface area contributed by atoms with Crippen LogP contribution in [-0.2, 0) is 17.2 Å². The van der Waals surface area contributed by atoms with Crippen LogP contribution in [0.15, 0.2) is 36.4 Å². The van der Waals surface area contributed by atoms with E-state index in [2.05, 4.69) is 4.98 Å². The highest BCUT2D eigenvalue weighted by atomic mass is 32.2. The SMILES string of the molecule is C[C@@H]1Cc2c([nH]c3ccccc23)[C@@H](c2c(F)cc(OC3CN(CCS(=O)CCCC(F)(F)C(F)(F)F)C3)cc2F)N1CC(F)(F)F. The summed E-state index contributed by atoms with van der Waals surface area (Å²) in [5.74, 6) is -7.44. The van der Waals surface area contributed by atoms with Crippen LogP contribution in [0.2, 0.25) is 0 Å². The minimum atomic E-state index is -5.66. The largest absolute Gasteiger partial charge is 0.488 e. The van der Waals surface area contributed by atoms with E-state index in [1.807, 2.05) is 0 Å². The lowest BCUT2D eigenvalue weighted by Crippen LogP contribution is -2.54. The standard InChI is InChI=1S/C30H31F10N3O2S/c1-17-11-21-20-5-2-3-6-24(20)41-26(21)27(43(17)16-29(35,36)37)25-22(31)12-18(13-23(25)32)45-19-14-42(15-19)8-10-46(44)9-4-7-28(33,34)30(38,39)40/h2-3,5-6,12-13,17,19,27,41H,4,7-11,14-16H2,1H3/t17-,27-,46?/m1/s1. The summed E-state index contributed by atoms with van der Waals surface area (Å²) in [6.45, 7) is 0.985. The summed E-state index contributed by atoms with van der Waals surface area (Å²) < 4.78 is 153. The Balaban J connectivity index is 1.23. The second-order valence-corrected chi connectivity index (χ2v) is 13.5. The van der Waals surface area contributed by atoms with Crippen LogP contribution in [0.4, 0.5) is 43.9 Å². The Labute approximate surface area is 260 Å². The van der Waals surface area contributed by atoms with E-state index in [0.717, 1.165) is 22.4 Å². The van der Waals surface area contributed by atoms with Gasteiger partial charge in [-0.3, -0.25) is 14.0 Å². The normalized spacial score (nSPS) is 20.9. The van der Waals surface area contributed by atoms with Crippen molar-refractivity contribution in [3.63, 3.8) is 0 Å². The van der Waals surface area contributed by atoms with Crippen molar-refractivity contribution in [2.24, 2.45) is 0 Å². The molecule has 0 saturated carbocycles. The van der Waals surface area contributed by atoms with Crippen LogP contribution in [0, 0.1) is 11.6 Å². The van der Waals surface area contributed by atoms with Crippen LogP contribution >= 0.6 is 0 Å². The summed E-state index contributed by atoms with van der Waals surface area (Å²) in [6.07, 6.45) is -12.6. The molecule has 1 unspecified atom stereocenters. The van der Waals surface area contributed by atoms with E-state index >= 15 is 8.78 Å². The lowest BCUT2D eigenvalue weighted by atomic mass is 9.88. The quantitative estimate of drug-likeness (QED) is 0.218. The third-order valence-corrected chi connectivity index (χ3v) is 9.73. The van der Waals surface area contributed by atoms with Crippen molar-refractivity contribution in [3.8, 4) is 5.75 Å². The summed E-state index contributed by atoms with van der Waals surface area (Å²) in [4.78, 5) is 5.89. The molecule has 16 heteroatoms. The maximum absolute atomic E-state index is 15.7. The molecule has 1 N–H and O–H groups in total. The van der Waals surface area contributed by atoms with Gasteiger partial charge in [-0.05, 0) is 31.4 Å². The Kier molecular flexibility index (Phi) is 9.73. The van der Waals surface area contributed by atoms with Gasteiger partial charge in [0.15, 0.2) is 0 Å². The first-order chi connectivity index (χ1) is 21.4. The van der Waals surface area contributed by atoms with Crippen molar-refractivity contribution in [2.75, 3.05) is 37.7 Å². The highest BCUT2D eigenvalue weighted by molar-refractivity contribution is 7.84. The molecule has 2 aliphatic heterocycles. The molecule has 46 heavy (non-hydrogen) atoms. The number of halogens is 10. The van der Waals surface area contributed by atoms with Crippen LogP contribution in [0.1, 0.15) is 42.6 Å². The van der Waals surface area contributed by atoms with Crippen LogP contribution < -0.4 is 4.74 Å². The fourth-order valence-electron chi connectivity index (χ4n) is 6.06. The van der Waals surface area contributed by atoms with E-state index in [1.54, 1.807) is 36.1 Å². The predicted molar refractivity (Wildman–Crippen MR) is 151 cm³/mol. The summed E-state index contributed by atoms with van der Waals surface area (Å²) in [5, 5.41) is 0.767. The first kappa shape index (κ1) is 34.5. The highest BCUT2D eigenvalue weighted by Crippen LogP contribution is 2.44. The van der Waals surface area contributed by atoms with Crippen molar-refractivity contribution >= 4 is 21.7 Å². The zero-order valence-electron chi connectivity index (χ0n) is 24.5. The Bertz CT molecular complexity index is 1550. The lowest BCUT2D eigenvalue weighted by molar-refractivity contribution is -0.284. The molecular formula is C30H31F10N3O2S. The van der Waals surface area contributed by atoms with Gasteiger partial charge in [-0.15, -0.1) is 0 Å². The minimum absolute atomic E-state index is 0.0340. The number of fused-ring (bicyclic) bond motifs is 3. The molecule has 3 aromatic rings. The Hall–Kier alpha value is -2.85. The number of para-hydroxylation sites is 1. The summed E-state index contributed by atoms with van der Waals surface area (Å²) in [6, 6.07) is 6.85. The van der Waals surface area contributed by atoms with Gasteiger partial charge in [-0.25, -0.2) is 8.78 Å². The number of alkyl halides is 8. The molecule has 254 valence electrons. The third kappa shape index (κ3) is 7.48. The number of likely N-dealkylation sites (tertiary alicyclic amines) is 1. The smallest absolute Gasteiger partial charge is 0.453 e. The number of nitrogens with one attached hydrogen (secondary N) is 1. The van der Waals surface area contributed by atoms with Crippen molar-refractivity contribution < 1.29 is 52.8 Å². The number of rotatable bonds is 11. The molecule has 3 heterocycles. The van der Waals surface area contributed by atoms with E-state index in [1.165, 1.54) is 0 Å². The van der Waals surface area contributed by atoms with Gasteiger partial charge in [0.2, 0.25) is 0 Å². The predicted octanol–water partition coefficient (Wildman–Crippen LogP) is 7.13. The lowest BCUT2D eigenvalue weighted by Gasteiger charge is -2.41. The van der Waals surface area contributed by atoms with Gasteiger partial charge in [-0.2, -0.15) is 35.1 Å². The molecule has 3 atom stereocenters. The fraction of sp³-hybridized carbons (Fsp3) is 0.533. The number of aromatic amines is 1. The average molecular weight is 688 g/mol. The molecule has 0 radical (unpaired) electrons. The van der Waals surface area contributed by atoms with Crippen molar-refractivity contribution in [1.29, 1.82) is 0 Å². The molecule has 0 aliphatic carbocycles. The molecule has 2 aliphatic rings. The second kappa shape index (κ2) is 13.0. The van der Waals surface area contributed by atoms with Crippen LogP contribution in [0.3, 0.4) is 0 Å². The van der Waals surface area contributed by atoms with E-state index in [0.29, 0.717) is 11.1 Å². The second-order valence-electron chi connectivity index (χ2n) is 11.8. The molecule has 1 saturated heterocycles. The zero-order valence-corrected chi connectivity index (χ0v) is 25.3. The van der Waals surface area contributed by atoms with E-state index < -0.39 is 83.8 Å². The molecule has 5 nitrogen and oxygen atoms in total. The summed E-state index contributed by atoms with van der Waals surface area (Å²) in [5.41, 5.74) is 1.08.